The summed E-state index contributed by atoms with van der Waals surface area (Å²) >= 11 is 3.47. The second-order valence-electron chi connectivity index (χ2n) is 3.80. The zero-order valence-electron chi connectivity index (χ0n) is 8.42. The molecule has 2 heterocycles. The first-order valence-corrected chi connectivity index (χ1v) is 5.90. The van der Waals surface area contributed by atoms with Crippen LogP contribution in [0.15, 0.2) is 27.3 Å². The lowest BCUT2D eigenvalue weighted by Crippen LogP contribution is -1.92. The fraction of sp³-hybridized carbons (Fsp3) is 0.333. The van der Waals surface area contributed by atoms with E-state index in [1.165, 1.54) is 11.1 Å². The van der Waals surface area contributed by atoms with Gasteiger partial charge in [-0.3, -0.25) is 0 Å². The summed E-state index contributed by atoms with van der Waals surface area (Å²) < 4.78 is 12.3. The highest BCUT2D eigenvalue weighted by Gasteiger charge is 2.25. The molecule has 1 aromatic carbocycles. The lowest BCUT2D eigenvalue weighted by Gasteiger charge is -2.06. The van der Waals surface area contributed by atoms with Crippen LogP contribution in [0.2, 0.25) is 0 Å². The van der Waals surface area contributed by atoms with E-state index >= 15 is 0 Å². The second-order valence-corrected chi connectivity index (χ2v) is 4.66. The van der Waals surface area contributed by atoms with E-state index in [4.69, 9.17) is 9.15 Å². The maximum Gasteiger partial charge on any atom is 0.140 e. The van der Waals surface area contributed by atoms with Gasteiger partial charge in [-0.2, -0.15) is 0 Å². The molecule has 1 aromatic heterocycles. The lowest BCUT2D eigenvalue weighted by atomic mass is 10.0. The van der Waals surface area contributed by atoms with Crippen LogP contribution >= 0.6 is 15.9 Å². The van der Waals surface area contributed by atoms with Crippen LogP contribution in [-0.2, 0) is 11.3 Å². The van der Waals surface area contributed by atoms with Crippen LogP contribution in [0, 0.1) is 0 Å². The topological polar surface area (TPSA) is 22.4 Å². The van der Waals surface area contributed by atoms with Crippen LogP contribution in [-0.4, -0.2) is 0 Å². The van der Waals surface area contributed by atoms with E-state index in [1.807, 2.05) is 0 Å². The van der Waals surface area contributed by atoms with Gasteiger partial charge in [-0.05, 0) is 34.0 Å². The number of furan rings is 1. The molecule has 15 heavy (non-hydrogen) atoms. The van der Waals surface area contributed by atoms with Gasteiger partial charge >= 0.3 is 0 Å². The largest absolute Gasteiger partial charge is 0.463 e. The molecule has 1 atom stereocenters. The monoisotopic (exact) mass is 266 g/mol. The molecule has 0 saturated carbocycles. The summed E-state index contributed by atoms with van der Waals surface area (Å²) in [6.45, 7) is 2.81. The number of benzene rings is 1. The molecule has 1 aliphatic rings. The van der Waals surface area contributed by atoms with Crippen molar-refractivity contribution >= 4 is 26.9 Å². The molecular formula is C12H11BrO2. The van der Waals surface area contributed by atoms with Crippen molar-refractivity contribution in [1.82, 2.24) is 0 Å². The van der Waals surface area contributed by atoms with Gasteiger partial charge in [0, 0.05) is 10.9 Å². The molecule has 2 aromatic rings. The quantitative estimate of drug-likeness (QED) is 0.773. The number of halogens is 1. The van der Waals surface area contributed by atoms with Crippen molar-refractivity contribution in [1.29, 1.82) is 0 Å². The first-order valence-electron chi connectivity index (χ1n) is 5.11. The van der Waals surface area contributed by atoms with Crippen LogP contribution in [0.1, 0.15) is 30.6 Å². The minimum atomic E-state index is 0.244. The Balaban J connectivity index is 2.28. The summed E-state index contributed by atoms with van der Waals surface area (Å²) in [5.74, 6) is 0. The average Bonchev–Trinajstić information content (AvgIpc) is 2.81. The van der Waals surface area contributed by atoms with Crippen molar-refractivity contribution in [3.63, 3.8) is 0 Å². The fourth-order valence-electron chi connectivity index (χ4n) is 2.20. The number of hydrogen-bond acceptors (Lipinski definition) is 2. The highest BCUT2D eigenvalue weighted by atomic mass is 79.9. The molecule has 0 saturated heterocycles. The van der Waals surface area contributed by atoms with Crippen LogP contribution in [0.4, 0.5) is 0 Å². The van der Waals surface area contributed by atoms with Gasteiger partial charge in [0.25, 0.3) is 0 Å². The Morgan fingerprint density at radius 3 is 3.13 bits per heavy atom. The molecule has 1 unspecified atom stereocenters. The summed E-state index contributed by atoms with van der Waals surface area (Å²) in [4.78, 5) is 0. The molecule has 0 fully saturated rings. The fourth-order valence-corrected chi connectivity index (χ4v) is 2.61. The average molecular weight is 267 g/mol. The van der Waals surface area contributed by atoms with E-state index in [0.717, 1.165) is 21.9 Å². The number of fused-ring (bicyclic) bond motifs is 3. The predicted octanol–water partition coefficient (Wildman–Crippen LogP) is 4.18. The molecule has 0 aliphatic carbocycles. The number of rotatable bonds is 1. The van der Waals surface area contributed by atoms with Gasteiger partial charge in [0.2, 0.25) is 0 Å². The van der Waals surface area contributed by atoms with E-state index in [0.29, 0.717) is 6.61 Å². The Morgan fingerprint density at radius 2 is 2.33 bits per heavy atom. The zero-order chi connectivity index (χ0) is 10.4. The summed E-state index contributed by atoms with van der Waals surface area (Å²) in [6.07, 6.45) is 3.00. The van der Waals surface area contributed by atoms with Gasteiger partial charge in [-0.15, -0.1) is 0 Å². The molecule has 1 aliphatic heterocycles. The Labute approximate surface area is 96.3 Å². The Hall–Kier alpha value is -0.800. The number of ether oxygens (including phenoxy) is 1. The molecule has 0 bridgehead atoms. The van der Waals surface area contributed by atoms with E-state index in [-0.39, 0.29) is 6.10 Å². The smallest absolute Gasteiger partial charge is 0.140 e. The van der Waals surface area contributed by atoms with Crippen molar-refractivity contribution in [3.05, 3.63) is 34.0 Å². The summed E-state index contributed by atoms with van der Waals surface area (Å²) in [6, 6.07) is 4.25. The van der Waals surface area contributed by atoms with Crippen molar-refractivity contribution < 1.29 is 9.15 Å². The Bertz CT molecular complexity index is 516. The third-order valence-electron chi connectivity index (χ3n) is 2.98. The van der Waals surface area contributed by atoms with Crippen LogP contribution in [0.3, 0.4) is 0 Å². The molecular weight excluding hydrogens is 256 g/mol. The van der Waals surface area contributed by atoms with Crippen LogP contribution in [0.5, 0.6) is 0 Å². The third kappa shape index (κ3) is 1.26. The summed E-state index contributed by atoms with van der Waals surface area (Å²) in [7, 11) is 0. The number of hydrogen-bond donors (Lipinski definition) is 0. The standard InChI is InChI=1S/C12H11BrO2/c1-2-11-7-3-4-8-10(13)6-15-12(8)9(7)5-14-11/h3-4,6,11H,2,5H2,1H3. The van der Waals surface area contributed by atoms with E-state index in [2.05, 4.69) is 35.0 Å². The van der Waals surface area contributed by atoms with Crippen molar-refractivity contribution in [3.8, 4) is 0 Å². The van der Waals surface area contributed by atoms with Gasteiger partial charge in [0.05, 0.1) is 17.2 Å². The molecule has 0 radical (unpaired) electrons. The van der Waals surface area contributed by atoms with Gasteiger partial charge in [-0.25, -0.2) is 0 Å². The highest BCUT2D eigenvalue weighted by Crippen LogP contribution is 2.39. The summed E-state index contributed by atoms with van der Waals surface area (Å²) in [5.41, 5.74) is 3.47. The van der Waals surface area contributed by atoms with Gasteiger partial charge in [0.1, 0.15) is 11.8 Å². The third-order valence-corrected chi connectivity index (χ3v) is 3.59. The van der Waals surface area contributed by atoms with Crippen molar-refractivity contribution in [2.75, 3.05) is 0 Å². The van der Waals surface area contributed by atoms with E-state index in [9.17, 15) is 0 Å². The van der Waals surface area contributed by atoms with Gasteiger partial charge < -0.3 is 9.15 Å². The maximum absolute atomic E-state index is 5.71. The Morgan fingerprint density at radius 1 is 1.47 bits per heavy atom. The first-order chi connectivity index (χ1) is 7.31. The van der Waals surface area contributed by atoms with Crippen molar-refractivity contribution in [2.45, 2.75) is 26.1 Å². The molecule has 3 rings (SSSR count). The summed E-state index contributed by atoms with van der Waals surface area (Å²) in [5, 5.41) is 1.13. The highest BCUT2D eigenvalue weighted by molar-refractivity contribution is 9.10. The molecule has 0 amide bonds. The lowest BCUT2D eigenvalue weighted by molar-refractivity contribution is 0.0637. The first kappa shape index (κ1) is 9.43. The zero-order valence-corrected chi connectivity index (χ0v) is 10.0. The molecule has 78 valence electrons. The molecule has 3 heteroatoms. The van der Waals surface area contributed by atoms with E-state index < -0.39 is 0 Å². The molecule has 0 spiro atoms. The second kappa shape index (κ2) is 3.35. The minimum absolute atomic E-state index is 0.244. The predicted molar refractivity (Wildman–Crippen MR) is 61.7 cm³/mol. The normalized spacial score (nSPS) is 19.7. The van der Waals surface area contributed by atoms with Crippen LogP contribution in [0.25, 0.3) is 11.0 Å². The van der Waals surface area contributed by atoms with Crippen LogP contribution < -0.4 is 0 Å². The minimum Gasteiger partial charge on any atom is -0.463 e. The molecule has 0 N–H and O–H groups in total. The van der Waals surface area contributed by atoms with Gasteiger partial charge in [-0.1, -0.05) is 13.0 Å². The molecule has 2 nitrogen and oxygen atoms in total. The van der Waals surface area contributed by atoms with Crippen molar-refractivity contribution in [2.24, 2.45) is 0 Å². The Kier molecular flexibility index (Phi) is 2.11. The van der Waals surface area contributed by atoms with Gasteiger partial charge in [0.15, 0.2) is 0 Å². The SMILES string of the molecule is CCC1OCc2c1ccc1c(Br)coc21. The van der Waals surface area contributed by atoms with E-state index in [1.54, 1.807) is 6.26 Å². The maximum atomic E-state index is 5.71.